The molecule has 0 bridgehead atoms. The molecular weight excluding hydrogens is 347 g/mol. The van der Waals surface area contributed by atoms with Crippen molar-refractivity contribution in [1.29, 1.82) is 0 Å². The van der Waals surface area contributed by atoms with Gasteiger partial charge >= 0.3 is 0 Å². The number of nitrogens with zero attached hydrogens (tertiary/aromatic N) is 3. The predicted octanol–water partition coefficient (Wildman–Crippen LogP) is 1.69. The maximum atomic E-state index is 11.3. The van der Waals surface area contributed by atoms with Crippen LogP contribution in [0.1, 0.15) is 5.01 Å². The summed E-state index contributed by atoms with van der Waals surface area (Å²) >= 11 is 4.81. The van der Waals surface area contributed by atoms with Crippen LogP contribution in [0.15, 0.2) is 20.5 Å². The van der Waals surface area contributed by atoms with Gasteiger partial charge in [-0.1, -0.05) is 11.3 Å². The Morgan fingerprint density at radius 2 is 2.33 bits per heavy atom. The molecule has 0 amide bonds. The van der Waals surface area contributed by atoms with Gasteiger partial charge in [-0.15, -0.1) is 10.2 Å². The molecule has 8 heteroatoms. The Morgan fingerprint density at radius 1 is 1.53 bits per heavy atom. The summed E-state index contributed by atoms with van der Waals surface area (Å²) in [6.45, 7) is 1.89. The van der Waals surface area contributed by atoms with Gasteiger partial charge in [-0.25, -0.2) is 4.98 Å². The molecule has 0 aromatic carbocycles. The van der Waals surface area contributed by atoms with Gasteiger partial charge in [0.25, 0.3) is 5.56 Å². The minimum atomic E-state index is -0.130. The number of hydrogen-bond donors (Lipinski definition) is 1. The number of nitrogens with one attached hydrogen (secondary N) is 1. The van der Waals surface area contributed by atoms with Gasteiger partial charge in [0, 0.05) is 0 Å². The van der Waals surface area contributed by atoms with E-state index in [1.165, 1.54) is 29.4 Å². The lowest BCUT2D eigenvalue weighted by atomic mass is 10.7. The normalized spacial score (nSPS) is 10.5. The summed E-state index contributed by atoms with van der Waals surface area (Å²) < 4.78 is 1.37. The molecule has 5 nitrogen and oxygen atoms in total. The highest BCUT2D eigenvalue weighted by Crippen LogP contribution is 2.29. The topological polar surface area (TPSA) is 71.5 Å². The second-order valence-electron chi connectivity index (χ2n) is 2.54. The molecule has 1 N–H and O–H groups in total. The van der Waals surface area contributed by atoms with Crippen LogP contribution >= 0.6 is 45.7 Å². The summed E-state index contributed by atoms with van der Waals surface area (Å²) in [7, 11) is 0. The first-order chi connectivity index (χ1) is 7.16. The van der Waals surface area contributed by atoms with Gasteiger partial charge in [0.1, 0.15) is 13.6 Å². The molecule has 0 spiro atoms. The van der Waals surface area contributed by atoms with Gasteiger partial charge in [0.2, 0.25) is 0 Å². The Hall–Kier alpha value is -0.480. The lowest BCUT2D eigenvalue weighted by molar-refractivity contribution is 0.964. The molecule has 2 aromatic heterocycles. The third-order valence-electron chi connectivity index (χ3n) is 1.46. The molecule has 0 saturated heterocycles. The molecule has 0 radical (unpaired) electrons. The number of aryl methyl sites for hydroxylation is 1. The quantitative estimate of drug-likeness (QED) is 0.658. The van der Waals surface area contributed by atoms with Crippen LogP contribution in [0.25, 0.3) is 0 Å². The SMILES string of the molecule is Cc1nnc(Sc2nc[nH]c(=O)c2I)s1. The van der Waals surface area contributed by atoms with Crippen molar-refractivity contribution in [2.45, 2.75) is 16.3 Å². The van der Waals surface area contributed by atoms with E-state index in [0.29, 0.717) is 8.60 Å². The molecule has 15 heavy (non-hydrogen) atoms. The summed E-state index contributed by atoms with van der Waals surface area (Å²) in [5, 5.41) is 9.42. The zero-order chi connectivity index (χ0) is 10.8. The molecular formula is C7H5IN4OS2. The van der Waals surface area contributed by atoms with Gasteiger partial charge in [-0.3, -0.25) is 4.79 Å². The molecule has 0 saturated carbocycles. The first kappa shape index (κ1) is 11.0. The number of aromatic amines is 1. The molecule has 0 aliphatic heterocycles. The van der Waals surface area contributed by atoms with Crippen LogP contribution in [-0.4, -0.2) is 20.2 Å². The second-order valence-corrected chi connectivity index (χ2v) is 6.04. The van der Waals surface area contributed by atoms with Crippen LogP contribution in [0.2, 0.25) is 0 Å². The lowest BCUT2D eigenvalue weighted by Gasteiger charge is -1.97. The van der Waals surface area contributed by atoms with E-state index in [2.05, 4.69) is 20.2 Å². The summed E-state index contributed by atoms with van der Waals surface area (Å²) in [5.74, 6) is 0. The number of hydrogen-bond acceptors (Lipinski definition) is 6. The van der Waals surface area contributed by atoms with E-state index >= 15 is 0 Å². The maximum absolute atomic E-state index is 11.3. The van der Waals surface area contributed by atoms with Crippen molar-refractivity contribution >= 4 is 45.7 Å². The van der Waals surface area contributed by atoms with Crippen molar-refractivity contribution < 1.29 is 0 Å². The van der Waals surface area contributed by atoms with E-state index in [1.807, 2.05) is 29.5 Å². The number of H-pyrrole nitrogens is 1. The highest BCUT2D eigenvalue weighted by atomic mass is 127. The van der Waals surface area contributed by atoms with Crippen LogP contribution in [-0.2, 0) is 0 Å². The first-order valence-corrected chi connectivity index (χ1v) is 6.59. The van der Waals surface area contributed by atoms with Crippen molar-refractivity contribution in [3.05, 3.63) is 25.3 Å². The predicted molar refractivity (Wildman–Crippen MR) is 66.3 cm³/mol. The van der Waals surface area contributed by atoms with Crippen molar-refractivity contribution in [2.75, 3.05) is 0 Å². The van der Waals surface area contributed by atoms with Gasteiger partial charge < -0.3 is 4.98 Å². The van der Waals surface area contributed by atoms with Crippen molar-refractivity contribution in [2.24, 2.45) is 0 Å². The zero-order valence-electron chi connectivity index (χ0n) is 7.52. The van der Waals surface area contributed by atoms with E-state index in [-0.39, 0.29) is 5.56 Å². The van der Waals surface area contributed by atoms with Crippen molar-refractivity contribution in [3.63, 3.8) is 0 Å². The number of rotatable bonds is 2. The first-order valence-electron chi connectivity index (χ1n) is 3.88. The highest BCUT2D eigenvalue weighted by molar-refractivity contribution is 14.1. The monoisotopic (exact) mass is 352 g/mol. The third-order valence-corrected chi connectivity index (χ3v) is 4.72. The minimum Gasteiger partial charge on any atom is -0.312 e. The molecule has 0 unspecified atom stereocenters. The van der Waals surface area contributed by atoms with Gasteiger partial charge in [0.05, 0.1) is 6.33 Å². The van der Waals surface area contributed by atoms with E-state index in [0.717, 1.165) is 9.35 Å². The molecule has 0 atom stereocenters. The van der Waals surface area contributed by atoms with E-state index in [9.17, 15) is 4.79 Å². The maximum Gasteiger partial charge on any atom is 0.265 e. The minimum absolute atomic E-state index is 0.130. The van der Waals surface area contributed by atoms with E-state index in [1.54, 1.807) is 0 Å². The number of halogens is 1. The molecule has 2 aromatic rings. The zero-order valence-corrected chi connectivity index (χ0v) is 11.3. The van der Waals surface area contributed by atoms with Gasteiger partial charge in [-0.05, 0) is 41.3 Å². The lowest BCUT2D eigenvalue weighted by Crippen LogP contribution is -2.10. The Kier molecular flexibility index (Phi) is 3.36. The molecule has 0 fully saturated rings. The summed E-state index contributed by atoms with van der Waals surface area (Å²) in [4.78, 5) is 17.9. The average molecular weight is 352 g/mol. The van der Waals surface area contributed by atoms with Crippen LogP contribution in [0.4, 0.5) is 0 Å². The Balaban J connectivity index is 2.32. The Morgan fingerprint density at radius 3 is 3.00 bits per heavy atom. The fourth-order valence-corrected chi connectivity index (χ4v) is 3.18. The smallest absolute Gasteiger partial charge is 0.265 e. The van der Waals surface area contributed by atoms with E-state index < -0.39 is 0 Å². The van der Waals surface area contributed by atoms with Crippen LogP contribution in [0.3, 0.4) is 0 Å². The van der Waals surface area contributed by atoms with E-state index in [4.69, 9.17) is 0 Å². The standard InChI is InChI=1S/C7H5IN4OS2/c1-3-11-12-7(14-3)15-6-4(8)5(13)9-2-10-6/h2H,1H3,(H,9,10,13). The average Bonchev–Trinajstić information content (AvgIpc) is 2.59. The molecule has 78 valence electrons. The van der Waals surface area contributed by atoms with Crippen LogP contribution in [0.5, 0.6) is 0 Å². The van der Waals surface area contributed by atoms with Crippen molar-refractivity contribution in [3.8, 4) is 0 Å². The van der Waals surface area contributed by atoms with Crippen LogP contribution in [0, 0.1) is 10.5 Å². The summed E-state index contributed by atoms with van der Waals surface area (Å²) in [6, 6.07) is 0. The third kappa shape index (κ3) is 2.55. The highest BCUT2D eigenvalue weighted by Gasteiger charge is 2.09. The molecule has 2 heterocycles. The Labute approximate surface area is 107 Å². The van der Waals surface area contributed by atoms with Gasteiger partial charge in [0.15, 0.2) is 4.34 Å². The fraction of sp³-hybridized carbons (Fsp3) is 0.143. The number of aromatic nitrogens is 4. The molecule has 0 aliphatic carbocycles. The fourth-order valence-electron chi connectivity index (χ4n) is 0.840. The molecule has 0 aliphatic rings. The summed E-state index contributed by atoms with van der Waals surface area (Å²) in [6.07, 6.45) is 1.39. The second kappa shape index (κ2) is 4.58. The Bertz CT molecular complexity index is 538. The van der Waals surface area contributed by atoms with Crippen molar-refractivity contribution in [1.82, 2.24) is 20.2 Å². The summed E-state index contributed by atoms with van der Waals surface area (Å²) in [5.41, 5.74) is -0.130. The van der Waals surface area contributed by atoms with Gasteiger partial charge in [-0.2, -0.15) is 0 Å². The van der Waals surface area contributed by atoms with Crippen LogP contribution < -0.4 is 5.56 Å². The largest absolute Gasteiger partial charge is 0.312 e. The molecule has 2 rings (SSSR count).